The van der Waals surface area contributed by atoms with Crippen molar-refractivity contribution in [1.82, 2.24) is 0 Å². The van der Waals surface area contributed by atoms with E-state index in [4.69, 9.17) is 14.3 Å². The van der Waals surface area contributed by atoms with Gasteiger partial charge in [-0.3, -0.25) is 4.79 Å². The lowest BCUT2D eigenvalue weighted by Crippen LogP contribution is -2.24. The van der Waals surface area contributed by atoms with Gasteiger partial charge in [-0.05, 0) is 56.7 Å². The molecule has 1 aromatic rings. The highest BCUT2D eigenvalue weighted by Gasteiger charge is 2.42. The van der Waals surface area contributed by atoms with Crippen molar-refractivity contribution in [3.05, 3.63) is 23.8 Å². The average Bonchev–Trinajstić information content (AvgIpc) is 3.31. The molecule has 6 heteroatoms. The van der Waals surface area contributed by atoms with Crippen molar-refractivity contribution >= 4 is 11.7 Å². The number of hydrogen-bond donors (Lipinski definition) is 0. The third-order valence-electron chi connectivity index (χ3n) is 5.11. The van der Waals surface area contributed by atoms with Gasteiger partial charge < -0.3 is 19.0 Å². The molecule has 1 heterocycles. The van der Waals surface area contributed by atoms with Crippen molar-refractivity contribution in [1.29, 1.82) is 0 Å². The molecule has 0 atom stereocenters. The topological polar surface area (TPSA) is 66.4 Å². The van der Waals surface area contributed by atoms with Gasteiger partial charge in [0.15, 0.2) is 11.5 Å². The molecule has 1 saturated carbocycles. The number of methoxy groups -OCH3 is 2. The number of unbranched alkanes of at least 4 members (excludes halogenated alkanes) is 1. The zero-order valence-electron chi connectivity index (χ0n) is 15.6. The van der Waals surface area contributed by atoms with Crippen molar-refractivity contribution in [2.45, 2.75) is 57.0 Å². The van der Waals surface area contributed by atoms with E-state index in [0.717, 1.165) is 43.4 Å². The van der Waals surface area contributed by atoms with Crippen LogP contribution in [0, 0.1) is 0 Å². The first-order chi connectivity index (χ1) is 12.7. The molecule has 0 saturated heterocycles. The van der Waals surface area contributed by atoms with Gasteiger partial charge in [0.05, 0.1) is 26.5 Å². The van der Waals surface area contributed by atoms with Gasteiger partial charge in [0.25, 0.3) is 0 Å². The quantitative estimate of drug-likeness (QED) is 0.520. The van der Waals surface area contributed by atoms with Crippen LogP contribution >= 0.6 is 0 Å². The molecular formula is C20H27NO5. The van der Waals surface area contributed by atoms with E-state index < -0.39 is 0 Å². The highest BCUT2D eigenvalue weighted by atomic mass is 16.7. The predicted molar refractivity (Wildman–Crippen MR) is 97.8 cm³/mol. The molecule has 1 aliphatic heterocycles. The molecule has 0 amide bonds. The van der Waals surface area contributed by atoms with Gasteiger partial charge in [-0.15, -0.1) is 0 Å². The first-order valence-electron chi connectivity index (χ1n) is 9.29. The van der Waals surface area contributed by atoms with E-state index in [1.165, 1.54) is 20.0 Å². The van der Waals surface area contributed by atoms with Gasteiger partial charge in [-0.2, -0.15) is 0 Å². The number of esters is 1. The largest absolute Gasteiger partial charge is 0.493 e. The van der Waals surface area contributed by atoms with Crippen LogP contribution in [0.2, 0.25) is 0 Å². The van der Waals surface area contributed by atoms with E-state index >= 15 is 0 Å². The molecule has 0 radical (unpaired) electrons. The Morgan fingerprint density at radius 1 is 1.19 bits per heavy atom. The summed E-state index contributed by atoms with van der Waals surface area (Å²) in [7, 11) is 3.03. The molecule has 6 nitrogen and oxygen atoms in total. The summed E-state index contributed by atoms with van der Waals surface area (Å²) in [6.45, 7) is 0.518. The maximum absolute atomic E-state index is 11.1. The van der Waals surface area contributed by atoms with Crippen LogP contribution in [-0.4, -0.2) is 38.1 Å². The molecule has 0 N–H and O–H groups in total. The number of ether oxygens (including phenoxy) is 3. The van der Waals surface area contributed by atoms with Crippen LogP contribution < -0.4 is 9.47 Å². The highest BCUT2D eigenvalue weighted by molar-refractivity contribution is 6.02. The second kappa shape index (κ2) is 8.43. The van der Waals surface area contributed by atoms with Crippen LogP contribution in [0.3, 0.4) is 0 Å². The van der Waals surface area contributed by atoms with Crippen molar-refractivity contribution in [2.75, 3.05) is 20.8 Å². The molecule has 3 rings (SSSR count). The van der Waals surface area contributed by atoms with E-state index in [1.54, 1.807) is 7.11 Å². The molecule has 0 bridgehead atoms. The number of hydrogen-bond acceptors (Lipinski definition) is 6. The minimum absolute atomic E-state index is 0.0792. The second-order valence-electron chi connectivity index (χ2n) is 6.94. The molecular weight excluding hydrogens is 334 g/mol. The van der Waals surface area contributed by atoms with E-state index in [-0.39, 0.29) is 11.6 Å². The van der Waals surface area contributed by atoms with Gasteiger partial charge in [-0.25, -0.2) is 0 Å². The van der Waals surface area contributed by atoms with Crippen LogP contribution in [0.4, 0.5) is 0 Å². The summed E-state index contributed by atoms with van der Waals surface area (Å²) in [4.78, 5) is 16.9. The smallest absolute Gasteiger partial charge is 0.305 e. The Morgan fingerprint density at radius 2 is 2.00 bits per heavy atom. The number of nitrogens with zero attached hydrogens (tertiary/aromatic N) is 1. The summed E-state index contributed by atoms with van der Waals surface area (Å²) < 4.78 is 15.9. The van der Waals surface area contributed by atoms with Gasteiger partial charge >= 0.3 is 5.97 Å². The van der Waals surface area contributed by atoms with Gasteiger partial charge in [-0.1, -0.05) is 5.16 Å². The zero-order valence-corrected chi connectivity index (χ0v) is 15.6. The first-order valence-corrected chi connectivity index (χ1v) is 9.29. The first kappa shape index (κ1) is 18.5. The summed E-state index contributed by atoms with van der Waals surface area (Å²) in [6, 6.07) is 5.87. The number of carbonyl (C=O) groups is 1. The molecule has 0 unspecified atom stereocenters. The van der Waals surface area contributed by atoms with E-state index in [1.807, 2.05) is 18.2 Å². The lowest BCUT2D eigenvalue weighted by molar-refractivity contribution is -0.140. The Labute approximate surface area is 154 Å². The molecule has 142 valence electrons. The molecule has 1 spiro atoms. The van der Waals surface area contributed by atoms with E-state index in [0.29, 0.717) is 24.5 Å². The Kier molecular flexibility index (Phi) is 6.01. The zero-order chi connectivity index (χ0) is 18.4. The Hall–Kier alpha value is -2.24. The number of rotatable bonds is 8. The summed E-state index contributed by atoms with van der Waals surface area (Å²) >= 11 is 0. The average molecular weight is 361 g/mol. The molecule has 0 aromatic heterocycles. The fourth-order valence-electron chi connectivity index (χ4n) is 3.59. The van der Waals surface area contributed by atoms with Crippen LogP contribution in [0.1, 0.15) is 56.9 Å². The third kappa shape index (κ3) is 4.29. The van der Waals surface area contributed by atoms with Crippen molar-refractivity contribution in [3.8, 4) is 11.5 Å². The number of oxime groups is 1. The van der Waals surface area contributed by atoms with E-state index in [9.17, 15) is 4.79 Å². The summed E-state index contributed by atoms with van der Waals surface area (Å²) in [6.07, 6.45) is 7.37. The summed E-state index contributed by atoms with van der Waals surface area (Å²) in [5.41, 5.74) is 1.91. The lowest BCUT2D eigenvalue weighted by Gasteiger charge is -2.19. The van der Waals surface area contributed by atoms with Gasteiger partial charge in [0.2, 0.25) is 0 Å². The maximum atomic E-state index is 11.1. The minimum atomic E-state index is -0.190. The number of carbonyl (C=O) groups excluding carboxylic acids is 1. The second-order valence-corrected chi connectivity index (χ2v) is 6.94. The minimum Gasteiger partial charge on any atom is -0.493 e. The third-order valence-corrected chi connectivity index (χ3v) is 5.11. The lowest BCUT2D eigenvalue weighted by atomic mass is 9.93. The normalized spacial score (nSPS) is 17.7. The Bertz CT molecular complexity index is 664. The predicted octanol–water partition coefficient (Wildman–Crippen LogP) is 3.85. The summed E-state index contributed by atoms with van der Waals surface area (Å²) in [5.74, 6) is 1.19. The van der Waals surface area contributed by atoms with Gasteiger partial charge in [0.1, 0.15) is 5.60 Å². The monoisotopic (exact) mass is 361 g/mol. The van der Waals surface area contributed by atoms with Crippen LogP contribution in [-0.2, 0) is 14.4 Å². The fraction of sp³-hybridized carbons (Fsp3) is 0.600. The maximum Gasteiger partial charge on any atom is 0.305 e. The molecule has 1 fully saturated rings. The Morgan fingerprint density at radius 3 is 2.73 bits per heavy atom. The van der Waals surface area contributed by atoms with Crippen LogP contribution in [0.15, 0.2) is 23.4 Å². The SMILES string of the molecule is COC(=O)CCCCOc1cc(C2=NOC3(CCCC3)C2)ccc1OC. The van der Waals surface area contributed by atoms with Crippen molar-refractivity contribution in [3.63, 3.8) is 0 Å². The molecule has 1 aliphatic carbocycles. The standard InChI is InChI=1S/C20H27NO5/c1-23-17-9-8-15(16-14-20(26-21-16)10-4-5-11-20)13-18(17)25-12-6-3-7-19(22)24-2/h8-9,13H,3-7,10-12,14H2,1-2H3. The van der Waals surface area contributed by atoms with Crippen LogP contribution in [0.5, 0.6) is 11.5 Å². The van der Waals surface area contributed by atoms with E-state index in [2.05, 4.69) is 9.89 Å². The highest BCUT2D eigenvalue weighted by Crippen LogP contribution is 2.41. The van der Waals surface area contributed by atoms with Crippen molar-refractivity contribution < 1.29 is 23.8 Å². The molecule has 26 heavy (non-hydrogen) atoms. The molecule has 1 aromatic carbocycles. The fourth-order valence-corrected chi connectivity index (χ4v) is 3.59. The molecule has 2 aliphatic rings. The van der Waals surface area contributed by atoms with Crippen LogP contribution in [0.25, 0.3) is 0 Å². The number of benzene rings is 1. The Balaban J connectivity index is 1.59. The van der Waals surface area contributed by atoms with Gasteiger partial charge in [0, 0.05) is 18.4 Å². The summed E-state index contributed by atoms with van der Waals surface area (Å²) in [5, 5.41) is 4.35. The van der Waals surface area contributed by atoms with Crippen molar-refractivity contribution in [2.24, 2.45) is 5.16 Å².